The lowest BCUT2D eigenvalue weighted by Gasteiger charge is -2.08. The summed E-state index contributed by atoms with van der Waals surface area (Å²) in [6, 6.07) is 0. The summed E-state index contributed by atoms with van der Waals surface area (Å²) >= 11 is 0. The van der Waals surface area contributed by atoms with Crippen LogP contribution in [0.25, 0.3) is 0 Å². The SMILES string of the molecule is C=C(C)CC(=O)C(O)CC(=C)C. The Morgan fingerprint density at radius 1 is 1.33 bits per heavy atom. The molecule has 2 nitrogen and oxygen atoms in total. The van der Waals surface area contributed by atoms with E-state index in [9.17, 15) is 9.90 Å². The summed E-state index contributed by atoms with van der Waals surface area (Å²) in [5, 5.41) is 9.29. The molecule has 0 saturated heterocycles. The molecule has 0 aliphatic rings. The van der Waals surface area contributed by atoms with Crippen LogP contribution in [0.1, 0.15) is 26.7 Å². The highest BCUT2D eigenvalue weighted by Gasteiger charge is 2.14. The van der Waals surface area contributed by atoms with Gasteiger partial charge in [0.15, 0.2) is 5.78 Å². The highest BCUT2D eigenvalue weighted by Crippen LogP contribution is 2.07. The summed E-state index contributed by atoms with van der Waals surface area (Å²) < 4.78 is 0. The molecule has 0 aromatic heterocycles. The molecule has 1 unspecified atom stereocenters. The predicted octanol–water partition coefficient (Wildman–Crippen LogP) is 1.85. The highest BCUT2D eigenvalue weighted by molar-refractivity contribution is 5.84. The maximum Gasteiger partial charge on any atom is 0.165 e. The zero-order chi connectivity index (χ0) is 9.72. The molecular weight excluding hydrogens is 152 g/mol. The number of hydrogen-bond acceptors (Lipinski definition) is 2. The van der Waals surface area contributed by atoms with Gasteiger partial charge in [0.25, 0.3) is 0 Å². The van der Waals surface area contributed by atoms with E-state index in [0.29, 0.717) is 6.42 Å². The zero-order valence-corrected chi connectivity index (χ0v) is 7.76. The number of hydrogen-bond donors (Lipinski definition) is 1. The monoisotopic (exact) mass is 168 g/mol. The Balaban J connectivity index is 3.93. The first-order valence-corrected chi connectivity index (χ1v) is 3.93. The van der Waals surface area contributed by atoms with Crippen LogP contribution in [0, 0.1) is 0 Å². The van der Waals surface area contributed by atoms with Gasteiger partial charge >= 0.3 is 0 Å². The van der Waals surface area contributed by atoms with Gasteiger partial charge < -0.3 is 5.11 Å². The quantitative estimate of drug-likeness (QED) is 0.636. The van der Waals surface area contributed by atoms with Crippen molar-refractivity contribution in [2.45, 2.75) is 32.8 Å². The van der Waals surface area contributed by atoms with Crippen molar-refractivity contribution >= 4 is 5.78 Å². The third-order valence-electron chi connectivity index (χ3n) is 1.39. The summed E-state index contributed by atoms with van der Waals surface area (Å²) in [6.07, 6.45) is -0.292. The van der Waals surface area contributed by atoms with Crippen molar-refractivity contribution in [2.75, 3.05) is 0 Å². The molecule has 1 N–H and O–H groups in total. The lowest BCUT2D eigenvalue weighted by molar-refractivity contribution is -0.126. The molecule has 0 heterocycles. The van der Waals surface area contributed by atoms with Crippen LogP contribution in [0.3, 0.4) is 0 Å². The lowest BCUT2D eigenvalue weighted by Crippen LogP contribution is -2.20. The molecule has 0 bridgehead atoms. The minimum absolute atomic E-state index is 0.175. The van der Waals surface area contributed by atoms with E-state index in [-0.39, 0.29) is 12.2 Å². The van der Waals surface area contributed by atoms with Crippen LogP contribution in [0.15, 0.2) is 24.3 Å². The van der Waals surface area contributed by atoms with E-state index < -0.39 is 6.10 Å². The van der Waals surface area contributed by atoms with Crippen LogP contribution >= 0.6 is 0 Å². The molecule has 0 rings (SSSR count). The van der Waals surface area contributed by atoms with Crippen molar-refractivity contribution in [3.8, 4) is 0 Å². The largest absolute Gasteiger partial charge is 0.385 e. The number of carbonyl (C=O) groups is 1. The number of rotatable bonds is 5. The third kappa shape index (κ3) is 4.85. The molecule has 0 aliphatic carbocycles. The van der Waals surface area contributed by atoms with E-state index in [1.807, 2.05) is 0 Å². The van der Waals surface area contributed by atoms with E-state index in [2.05, 4.69) is 13.2 Å². The molecule has 1 atom stereocenters. The molecule has 0 spiro atoms. The molecule has 0 fully saturated rings. The average Bonchev–Trinajstić information content (AvgIpc) is 1.84. The second-order valence-corrected chi connectivity index (χ2v) is 3.28. The van der Waals surface area contributed by atoms with Crippen LogP contribution in [0.4, 0.5) is 0 Å². The van der Waals surface area contributed by atoms with Crippen molar-refractivity contribution in [3.63, 3.8) is 0 Å². The summed E-state index contributed by atoms with van der Waals surface area (Å²) in [4.78, 5) is 11.1. The second-order valence-electron chi connectivity index (χ2n) is 3.28. The van der Waals surface area contributed by atoms with Crippen LogP contribution in [-0.4, -0.2) is 17.0 Å². The molecular formula is C10H16O2. The van der Waals surface area contributed by atoms with E-state index in [4.69, 9.17) is 0 Å². The van der Waals surface area contributed by atoms with Gasteiger partial charge in [-0.1, -0.05) is 17.7 Å². The first kappa shape index (κ1) is 11.1. The fourth-order valence-corrected chi connectivity index (χ4v) is 0.859. The molecule has 0 amide bonds. The van der Waals surface area contributed by atoms with Crippen molar-refractivity contribution in [1.82, 2.24) is 0 Å². The number of ketones is 1. The summed E-state index contributed by atoms with van der Waals surface area (Å²) in [5.74, 6) is -0.175. The number of Topliss-reactive ketones (excluding diaryl/α,β-unsaturated/α-hetero) is 1. The standard InChI is InChI=1S/C10H16O2/c1-7(2)5-9(11)10(12)6-8(3)4/h9,11H,1,3,5-6H2,2,4H3. The van der Waals surface area contributed by atoms with E-state index in [1.165, 1.54) is 0 Å². The smallest absolute Gasteiger partial charge is 0.165 e. The van der Waals surface area contributed by atoms with Gasteiger partial charge in [-0.15, -0.1) is 6.58 Å². The molecule has 0 aromatic carbocycles. The van der Waals surface area contributed by atoms with Gasteiger partial charge in [0.2, 0.25) is 0 Å². The second kappa shape index (κ2) is 4.88. The van der Waals surface area contributed by atoms with Crippen molar-refractivity contribution in [2.24, 2.45) is 0 Å². The van der Waals surface area contributed by atoms with E-state index in [1.54, 1.807) is 13.8 Å². The molecule has 2 heteroatoms. The minimum Gasteiger partial charge on any atom is -0.385 e. The third-order valence-corrected chi connectivity index (χ3v) is 1.39. The topological polar surface area (TPSA) is 37.3 Å². The van der Waals surface area contributed by atoms with Crippen molar-refractivity contribution in [1.29, 1.82) is 0 Å². The van der Waals surface area contributed by atoms with Gasteiger partial charge in [-0.2, -0.15) is 0 Å². The van der Waals surface area contributed by atoms with Gasteiger partial charge in [0.05, 0.1) is 0 Å². The first-order chi connectivity index (χ1) is 5.43. The Morgan fingerprint density at radius 3 is 2.17 bits per heavy atom. The van der Waals surface area contributed by atoms with Crippen molar-refractivity contribution < 1.29 is 9.90 Å². The normalized spacial score (nSPS) is 12.2. The van der Waals surface area contributed by atoms with Gasteiger partial charge in [0, 0.05) is 12.8 Å². The number of aliphatic hydroxyl groups excluding tert-OH is 1. The zero-order valence-electron chi connectivity index (χ0n) is 7.76. The number of allylic oxidation sites excluding steroid dienone is 1. The Labute approximate surface area is 73.6 Å². The Hall–Kier alpha value is -0.890. The molecule has 0 saturated carbocycles. The molecule has 0 radical (unpaired) electrons. The summed E-state index contributed by atoms with van der Waals surface area (Å²) in [7, 11) is 0. The Bertz CT molecular complexity index is 204. The van der Waals surface area contributed by atoms with Crippen LogP contribution in [0.5, 0.6) is 0 Å². The lowest BCUT2D eigenvalue weighted by atomic mass is 10.0. The molecule has 68 valence electrons. The first-order valence-electron chi connectivity index (χ1n) is 3.93. The molecule has 0 aliphatic heterocycles. The minimum atomic E-state index is -0.904. The fourth-order valence-electron chi connectivity index (χ4n) is 0.859. The number of carbonyl (C=O) groups excluding carboxylic acids is 1. The maximum absolute atomic E-state index is 11.1. The average molecular weight is 168 g/mol. The molecule has 0 aromatic rings. The van der Waals surface area contributed by atoms with E-state index in [0.717, 1.165) is 11.1 Å². The Kier molecular flexibility index (Phi) is 4.52. The van der Waals surface area contributed by atoms with Gasteiger partial charge in [0.1, 0.15) is 6.10 Å². The van der Waals surface area contributed by atoms with Crippen LogP contribution < -0.4 is 0 Å². The fraction of sp³-hybridized carbons (Fsp3) is 0.500. The van der Waals surface area contributed by atoms with Gasteiger partial charge in [-0.3, -0.25) is 4.79 Å². The van der Waals surface area contributed by atoms with Gasteiger partial charge in [-0.25, -0.2) is 0 Å². The molecule has 12 heavy (non-hydrogen) atoms. The van der Waals surface area contributed by atoms with Crippen LogP contribution in [0.2, 0.25) is 0 Å². The highest BCUT2D eigenvalue weighted by atomic mass is 16.3. The van der Waals surface area contributed by atoms with Crippen molar-refractivity contribution in [3.05, 3.63) is 24.3 Å². The summed E-state index contributed by atoms with van der Waals surface area (Å²) in [5.41, 5.74) is 1.60. The maximum atomic E-state index is 11.1. The number of aliphatic hydroxyl groups is 1. The Morgan fingerprint density at radius 2 is 1.83 bits per heavy atom. The summed E-state index contributed by atoms with van der Waals surface area (Å²) in [6.45, 7) is 10.8. The predicted molar refractivity (Wildman–Crippen MR) is 49.9 cm³/mol. The van der Waals surface area contributed by atoms with E-state index >= 15 is 0 Å². The van der Waals surface area contributed by atoms with Gasteiger partial charge in [-0.05, 0) is 13.8 Å². The van der Waals surface area contributed by atoms with Crippen LogP contribution in [-0.2, 0) is 4.79 Å².